The lowest BCUT2D eigenvalue weighted by Gasteiger charge is -2.36. The lowest BCUT2D eigenvalue weighted by atomic mass is 10.1. The number of piperazine rings is 1. The molecule has 25 heavy (non-hydrogen) atoms. The molecule has 0 bridgehead atoms. The van der Waals surface area contributed by atoms with E-state index in [2.05, 4.69) is 4.90 Å². The standard InChI is InChI=1S/C16H23N3O5S/c20-19(21)15-6-1-2-7-16(15)25(22,23)18-10-8-17(9-11-18)13-14-5-3-4-12-24-14/h1-2,6-7,14H,3-5,8-13H2/t14-/m1/s1. The Bertz CT molecular complexity index is 710. The third-order valence-corrected chi connectivity index (χ3v) is 6.69. The van der Waals surface area contributed by atoms with Gasteiger partial charge in [-0.3, -0.25) is 15.0 Å². The fourth-order valence-corrected chi connectivity index (χ4v) is 4.94. The van der Waals surface area contributed by atoms with Crippen molar-refractivity contribution in [2.75, 3.05) is 39.3 Å². The topological polar surface area (TPSA) is 93.0 Å². The molecule has 0 saturated carbocycles. The van der Waals surface area contributed by atoms with Gasteiger partial charge in [-0.05, 0) is 25.3 Å². The average Bonchev–Trinajstić information content (AvgIpc) is 2.63. The van der Waals surface area contributed by atoms with Crippen LogP contribution in [0.15, 0.2) is 29.2 Å². The molecule has 1 atom stereocenters. The molecule has 8 nitrogen and oxygen atoms in total. The second-order valence-electron chi connectivity index (χ2n) is 6.42. The highest BCUT2D eigenvalue weighted by molar-refractivity contribution is 7.89. The quantitative estimate of drug-likeness (QED) is 0.576. The van der Waals surface area contributed by atoms with Crippen molar-refractivity contribution in [3.05, 3.63) is 34.4 Å². The number of ether oxygens (including phenoxy) is 1. The molecule has 1 aromatic rings. The molecule has 138 valence electrons. The Labute approximate surface area is 147 Å². The first-order valence-electron chi connectivity index (χ1n) is 8.56. The second kappa shape index (κ2) is 7.77. The van der Waals surface area contributed by atoms with E-state index in [0.717, 1.165) is 26.0 Å². The van der Waals surface area contributed by atoms with Crippen LogP contribution < -0.4 is 0 Å². The molecule has 2 aliphatic rings. The predicted molar refractivity (Wildman–Crippen MR) is 91.9 cm³/mol. The van der Waals surface area contributed by atoms with Crippen LogP contribution in [0.1, 0.15) is 19.3 Å². The largest absolute Gasteiger partial charge is 0.377 e. The van der Waals surface area contributed by atoms with E-state index in [-0.39, 0.29) is 16.7 Å². The number of benzene rings is 1. The van der Waals surface area contributed by atoms with Gasteiger partial charge in [0.25, 0.3) is 5.69 Å². The number of nitrogens with zero attached hydrogens (tertiary/aromatic N) is 3. The zero-order valence-electron chi connectivity index (χ0n) is 14.0. The number of para-hydroxylation sites is 1. The number of nitro benzene ring substituents is 1. The van der Waals surface area contributed by atoms with Gasteiger partial charge in [0.05, 0.1) is 11.0 Å². The normalized spacial score (nSPS) is 23.4. The number of hydrogen-bond acceptors (Lipinski definition) is 6. The summed E-state index contributed by atoms with van der Waals surface area (Å²) in [6.45, 7) is 3.51. The molecule has 1 aromatic carbocycles. The Morgan fingerprint density at radius 2 is 1.88 bits per heavy atom. The molecule has 2 aliphatic heterocycles. The van der Waals surface area contributed by atoms with Crippen molar-refractivity contribution in [3.63, 3.8) is 0 Å². The van der Waals surface area contributed by atoms with E-state index in [1.165, 1.54) is 35.0 Å². The maximum Gasteiger partial charge on any atom is 0.289 e. The van der Waals surface area contributed by atoms with Gasteiger partial charge in [0.15, 0.2) is 4.90 Å². The van der Waals surface area contributed by atoms with Crippen molar-refractivity contribution in [2.24, 2.45) is 0 Å². The summed E-state index contributed by atoms with van der Waals surface area (Å²) < 4.78 is 32.7. The Morgan fingerprint density at radius 3 is 2.52 bits per heavy atom. The van der Waals surface area contributed by atoms with E-state index < -0.39 is 14.9 Å². The van der Waals surface area contributed by atoms with Crippen molar-refractivity contribution < 1.29 is 18.1 Å². The Balaban J connectivity index is 1.64. The van der Waals surface area contributed by atoms with Crippen LogP contribution in [-0.4, -0.2) is 68.0 Å². The summed E-state index contributed by atoms with van der Waals surface area (Å²) in [5.41, 5.74) is -0.375. The molecular formula is C16H23N3O5S. The van der Waals surface area contributed by atoms with Crippen LogP contribution >= 0.6 is 0 Å². The molecule has 2 fully saturated rings. The van der Waals surface area contributed by atoms with E-state index in [1.807, 2.05) is 0 Å². The first-order valence-corrected chi connectivity index (χ1v) is 10.00. The second-order valence-corrected chi connectivity index (χ2v) is 8.32. The summed E-state index contributed by atoms with van der Waals surface area (Å²) in [5.74, 6) is 0. The molecule has 9 heteroatoms. The van der Waals surface area contributed by atoms with Gasteiger partial charge in [0.2, 0.25) is 10.0 Å². The fourth-order valence-electron chi connectivity index (χ4n) is 3.36. The molecule has 0 radical (unpaired) electrons. The van der Waals surface area contributed by atoms with Crippen molar-refractivity contribution in [2.45, 2.75) is 30.3 Å². The van der Waals surface area contributed by atoms with Crippen molar-refractivity contribution in [1.29, 1.82) is 0 Å². The van der Waals surface area contributed by atoms with Crippen molar-refractivity contribution >= 4 is 15.7 Å². The minimum Gasteiger partial charge on any atom is -0.377 e. The first-order chi connectivity index (χ1) is 12.0. The molecule has 2 heterocycles. The third kappa shape index (κ3) is 4.17. The van der Waals surface area contributed by atoms with E-state index >= 15 is 0 Å². The van der Waals surface area contributed by atoms with Crippen LogP contribution in [0.4, 0.5) is 5.69 Å². The first kappa shape index (κ1) is 18.2. The van der Waals surface area contributed by atoms with Gasteiger partial charge in [-0.15, -0.1) is 0 Å². The zero-order chi connectivity index (χ0) is 17.9. The van der Waals surface area contributed by atoms with E-state index in [4.69, 9.17) is 4.74 Å². The van der Waals surface area contributed by atoms with Gasteiger partial charge in [-0.25, -0.2) is 8.42 Å². The van der Waals surface area contributed by atoms with Gasteiger partial charge in [0, 0.05) is 45.4 Å². The van der Waals surface area contributed by atoms with Gasteiger partial charge in [-0.2, -0.15) is 4.31 Å². The molecule has 0 amide bonds. The van der Waals surface area contributed by atoms with E-state index in [1.54, 1.807) is 0 Å². The Hall–Kier alpha value is -1.55. The highest BCUT2D eigenvalue weighted by Gasteiger charge is 2.33. The van der Waals surface area contributed by atoms with Crippen LogP contribution in [0.3, 0.4) is 0 Å². The smallest absolute Gasteiger partial charge is 0.289 e. The Kier molecular flexibility index (Phi) is 5.67. The van der Waals surface area contributed by atoms with Gasteiger partial charge in [0.1, 0.15) is 0 Å². The summed E-state index contributed by atoms with van der Waals surface area (Å²) in [4.78, 5) is 12.5. The van der Waals surface area contributed by atoms with E-state index in [0.29, 0.717) is 26.2 Å². The number of hydrogen-bond donors (Lipinski definition) is 0. The molecule has 2 saturated heterocycles. The summed E-state index contributed by atoms with van der Waals surface area (Å²) in [6.07, 6.45) is 3.57. The number of sulfonamides is 1. The maximum atomic E-state index is 12.8. The van der Waals surface area contributed by atoms with Gasteiger partial charge >= 0.3 is 0 Å². The minimum absolute atomic E-state index is 0.229. The SMILES string of the molecule is O=[N+]([O-])c1ccccc1S(=O)(=O)N1CCN(C[C@H]2CCCCO2)CC1. The van der Waals surface area contributed by atoms with Crippen LogP contribution in [0.2, 0.25) is 0 Å². The zero-order valence-corrected chi connectivity index (χ0v) is 14.9. The third-order valence-electron chi connectivity index (χ3n) is 4.75. The molecule has 0 spiro atoms. The average molecular weight is 369 g/mol. The van der Waals surface area contributed by atoms with Gasteiger partial charge in [-0.1, -0.05) is 12.1 Å². The molecular weight excluding hydrogens is 346 g/mol. The highest BCUT2D eigenvalue weighted by atomic mass is 32.2. The minimum atomic E-state index is -3.86. The molecule has 0 aromatic heterocycles. The van der Waals surface area contributed by atoms with Crippen molar-refractivity contribution in [1.82, 2.24) is 9.21 Å². The molecule has 0 N–H and O–H groups in total. The fraction of sp³-hybridized carbons (Fsp3) is 0.625. The van der Waals surface area contributed by atoms with Crippen LogP contribution in [0, 0.1) is 10.1 Å². The molecule has 3 rings (SSSR count). The van der Waals surface area contributed by atoms with Crippen molar-refractivity contribution in [3.8, 4) is 0 Å². The predicted octanol–water partition coefficient (Wildman–Crippen LogP) is 1.47. The number of rotatable bonds is 5. The molecule has 0 unspecified atom stereocenters. The molecule has 0 aliphatic carbocycles. The van der Waals surface area contributed by atoms with Crippen LogP contribution in [-0.2, 0) is 14.8 Å². The van der Waals surface area contributed by atoms with Crippen LogP contribution in [0.25, 0.3) is 0 Å². The summed E-state index contributed by atoms with van der Waals surface area (Å²) >= 11 is 0. The lowest BCUT2D eigenvalue weighted by Crippen LogP contribution is -2.50. The number of nitro groups is 1. The Morgan fingerprint density at radius 1 is 1.16 bits per heavy atom. The van der Waals surface area contributed by atoms with Crippen LogP contribution in [0.5, 0.6) is 0 Å². The lowest BCUT2D eigenvalue weighted by molar-refractivity contribution is -0.387. The monoisotopic (exact) mass is 369 g/mol. The maximum absolute atomic E-state index is 12.8. The summed E-state index contributed by atoms with van der Waals surface area (Å²) in [6, 6.07) is 5.51. The summed E-state index contributed by atoms with van der Waals surface area (Å²) in [7, 11) is -3.86. The van der Waals surface area contributed by atoms with E-state index in [9.17, 15) is 18.5 Å². The summed E-state index contributed by atoms with van der Waals surface area (Å²) in [5, 5.41) is 11.1. The van der Waals surface area contributed by atoms with Gasteiger partial charge < -0.3 is 4.74 Å². The highest BCUT2D eigenvalue weighted by Crippen LogP contribution is 2.27.